The van der Waals surface area contributed by atoms with Crippen LogP contribution in [0, 0.1) is 5.92 Å². The Hall–Kier alpha value is -4.43. The number of benzene rings is 3. The lowest BCUT2D eigenvalue weighted by molar-refractivity contribution is -0.138. The van der Waals surface area contributed by atoms with E-state index in [2.05, 4.69) is 5.32 Å². The number of nitrogens with one attached hydrogen (secondary N) is 1. The molecule has 216 valence electrons. The number of ether oxygens (including phenoxy) is 1. The number of carbonyl (C=O) groups excluding carboxylic acids is 2. The third-order valence-electron chi connectivity index (χ3n) is 7.26. The fourth-order valence-corrected chi connectivity index (χ4v) is 5.47. The second-order valence-electron chi connectivity index (χ2n) is 10.5. The topological polar surface area (TPSA) is 95.9 Å². The monoisotopic (exact) mass is 582 g/mol. The largest absolute Gasteiger partial charge is 0.492 e. The van der Waals surface area contributed by atoms with Crippen molar-refractivity contribution in [1.29, 1.82) is 0 Å². The molecule has 0 bridgehead atoms. The van der Waals surface area contributed by atoms with Crippen molar-refractivity contribution in [2.75, 3.05) is 25.0 Å². The molecule has 0 saturated heterocycles. The standard InChI is InChI=1S/C34H34N2O5S/c37-32(22-28-9-6-20-42-28)36(23-25-12-13-25)18-19-41-27-16-14-24(15-17-27)21-31(34(39)40)35-30-11-5-4-10-29(30)33(38)26-7-2-1-3-8-26/h1-11,14-17,20,25,31,35H,12-13,18-19,21-23H2,(H,39,40)/t31-/m0/s1. The lowest BCUT2D eigenvalue weighted by atomic mass is 10.00. The normalized spacial score (nSPS) is 13.2. The summed E-state index contributed by atoms with van der Waals surface area (Å²) in [6.07, 6.45) is 2.98. The highest BCUT2D eigenvalue weighted by Gasteiger charge is 2.27. The minimum absolute atomic E-state index is 0.127. The lowest BCUT2D eigenvalue weighted by Crippen LogP contribution is -2.37. The number of carboxylic acid groups (broad SMARTS) is 1. The maximum Gasteiger partial charge on any atom is 0.326 e. The van der Waals surface area contributed by atoms with Crippen LogP contribution in [-0.4, -0.2) is 53.4 Å². The van der Waals surface area contributed by atoms with Crippen LogP contribution < -0.4 is 10.1 Å². The van der Waals surface area contributed by atoms with E-state index in [1.165, 1.54) is 12.8 Å². The molecule has 3 aromatic carbocycles. The number of hydrogen-bond donors (Lipinski definition) is 2. The second kappa shape index (κ2) is 14.0. The van der Waals surface area contributed by atoms with Crippen LogP contribution in [0.25, 0.3) is 0 Å². The van der Waals surface area contributed by atoms with Gasteiger partial charge in [0.05, 0.1) is 13.0 Å². The van der Waals surface area contributed by atoms with Crippen molar-refractivity contribution in [1.82, 2.24) is 4.90 Å². The van der Waals surface area contributed by atoms with E-state index in [4.69, 9.17) is 4.74 Å². The first-order valence-corrected chi connectivity index (χ1v) is 15.0. The molecule has 1 fully saturated rings. The van der Waals surface area contributed by atoms with Crippen LogP contribution in [0.3, 0.4) is 0 Å². The van der Waals surface area contributed by atoms with E-state index in [0.717, 1.165) is 17.0 Å². The molecule has 1 aliphatic carbocycles. The van der Waals surface area contributed by atoms with Gasteiger partial charge in [0.1, 0.15) is 18.4 Å². The number of thiophene rings is 1. The van der Waals surface area contributed by atoms with E-state index < -0.39 is 12.0 Å². The summed E-state index contributed by atoms with van der Waals surface area (Å²) < 4.78 is 5.95. The van der Waals surface area contributed by atoms with Gasteiger partial charge in [-0.3, -0.25) is 9.59 Å². The Labute approximate surface area is 249 Å². The predicted molar refractivity (Wildman–Crippen MR) is 164 cm³/mol. The molecule has 7 nitrogen and oxygen atoms in total. The van der Waals surface area contributed by atoms with E-state index in [0.29, 0.717) is 48.1 Å². The summed E-state index contributed by atoms with van der Waals surface area (Å²) in [4.78, 5) is 41.1. The van der Waals surface area contributed by atoms with E-state index in [1.807, 2.05) is 52.7 Å². The number of amides is 1. The number of aliphatic carboxylic acids is 1. The molecule has 0 radical (unpaired) electrons. The Morgan fingerprint density at radius 1 is 0.929 bits per heavy atom. The SMILES string of the molecule is O=C(c1ccccc1)c1ccccc1N[C@@H](Cc1ccc(OCCN(CC2CC2)C(=O)Cc2cccs2)cc1)C(=O)O. The Morgan fingerprint density at radius 2 is 1.67 bits per heavy atom. The van der Waals surface area contributed by atoms with Crippen molar-refractivity contribution in [3.05, 3.63) is 118 Å². The summed E-state index contributed by atoms with van der Waals surface area (Å²) in [7, 11) is 0. The van der Waals surface area contributed by atoms with Crippen molar-refractivity contribution in [3.8, 4) is 5.75 Å². The minimum atomic E-state index is -1.01. The Bertz CT molecular complexity index is 1480. The average Bonchev–Trinajstić information content (AvgIpc) is 3.69. The Kier molecular flexibility index (Phi) is 9.66. The third-order valence-corrected chi connectivity index (χ3v) is 8.14. The fourth-order valence-electron chi connectivity index (χ4n) is 4.77. The van der Waals surface area contributed by atoms with Gasteiger partial charge in [-0.1, -0.05) is 60.7 Å². The first-order chi connectivity index (χ1) is 20.5. The zero-order chi connectivity index (χ0) is 29.3. The number of ketones is 1. The average molecular weight is 583 g/mol. The molecule has 1 amide bonds. The van der Waals surface area contributed by atoms with Crippen LogP contribution >= 0.6 is 11.3 Å². The molecule has 0 unspecified atom stereocenters. The molecule has 1 heterocycles. The molecule has 2 N–H and O–H groups in total. The van der Waals surface area contributed by atoms with E-state index >= 15 is 0 Å². The van der Waals surface area contributed by atoms with Crippen LogP contribution in [0.4, 0.5) is 5.69 Å². The lowest BCUT2D eigenvalue weighted by Gasteiger charge is -2.23. The maximum absolute atomic E-state index is 13.1. The number of nitrogens with zero attached hydrogens (tertiary/aromatic N) is 1. The first-order valence-electron chi connectivity index (χ1n) is 14.2. The van der Waals surface area contributed by atoms with Crippen molar-refractivity contribution in [2.24, 2.45) is 5.92 Å². The van der Waals surface area contributed by atoms with Crippen LogP contribution in [0.2, 0.25) is 0 Å². The molecule has 1 aliphatic rings. The van der Waals surface area contributed by atoms with Crippen LogP contribution in [-0.2, 0) is 22.4 Å². The van der Waals surface area contributed by atoms with E-state index in [9.17, 15) is 19.5 Å². The molecular weight excluding hydrogens is 548 g/mol. The predicted octanol–water partition coefficient (Wildman–Crippen LogP) is 5.95. The highest BCUT2D eigenvalue weighted by molar-refractivity contribution is 7.10. The van der Waals surface area contributed by atoms with Crippen LogP contribution in [0.15, 0.2) is 96.4 Å². The first kappa shape index (κ1) is 29.1. The van der Waals surface area contributed by atoms with Gasteiger partial charge in [0.15, 0.2) is 5.78 Å². The van der Waals surface area contributed by atoms with E-state index in [1.54, 1.807) is 59.9 Å². The number of rotatable bonds is 15. The van der Waals surface area contributed by atoms with Gasteiger partial charge in [-0.05, 0) is 60.0 Å². The summed E-state index contributed by atoms with van der Waals surface area (Å²) in [6.45, 7) is 1.68. The highest BCUT2D eigenvalue weighted by Crippen LogP contribution is 2.30. The molecule has 0 aliphatic heterocycles. The summed E-state index contributed by atoms with van der Waals surface area (Å²) in [6, 6.07) is 26.2. The van der Waals surface area contributed by atoms with Crippen molar-refractivity contribution >= 4 is 34.7 Å². The van der Waals surface area contributed by atoms with Gasteiger partial charge < -0.3 is 20.1 Å². The quantitative estimate of drug-likeness (QED) is 0.168. The summed E-state index contributed by atoms with van der Waals surface area (Å²) in [5, 5.41) is 15.0. The number of carbonyl (C=O) groups is 3. The number of para-hydroxylation sites is 1. The third kappa shape index (κ3) is 8.07. The van der Waals surface area contributed by atoms with Crippen LogP contribution in [0.5, 0.6) is 5.75 Å². The smallest absolute Gasteiger partial charge is 0.326 e. The van der Waals surface area contributed by atoms with Crippen molar-refractivity contribution in [2.45, 2.75) is 31.7 Å². The molecule has 4 aromatic rings. The van der Waals surface area contributed by atoms with Gasteiger partial charge in [-0.25, -0.2) is 4.79 Å². The van der Waals surface area contributed by atoms with Crippen molar-refractivity contribution in [3.63, 3.8) is 0 Å². The van der Waals surface area contributed by atoms with Gasteiger partial charge in [0.2, 0.25) is 5.91 Å². The van der Waals surface area contributed by atoms with Gasteiger partial charge in [-0.15, -0.1) is 11.3 Å². The molecular formula is C34H34N2O5S. The zero-order valence-corrected chi connectivity index (χ0v) is 24.1. The van der Waals surface area contributed by atoms with Crippen LogP contribution in [0.1, 0.15) is 39.2 Å². The zero-order valence-electron chi connectivity index (χ0n) is 23.3. The molecule has 0 spiro atoms. The molecule has 1 saturated carbocycles. The number of anilines is 1. The van der Waals surface area contributed by atoms with Gasteiger partial charge in [-0.2, -0.15) is 0 Å². The molecule has 1 aromatic heterocycles. The van der Waals surface area contributed by atoms with Gasteiger partial charge >= 0.3 is 5.97 Å². The molecule has 42 heavy (non-hydrogen) atoms. The number of hydrogen-bond acceptors (Lipinski definition) is 6. The molecule has 8 heteroatoms. The Morgan fingerprint density at radius 3 is 2.36 bits per heavy atom. The maximum atomic E-state index is 13.1. The second-order valence-corrected chi connectivity index (χ2v) is 11.5. The highest BCUT2D eigenvalue weighted by atomic mass is 32.1. The summed E-state index contributed by atoms with van der Waals surface area (Å²) >= 11 is 1.60. The molecule has 5 rings (SSSR count). The fraction of sp³-hybridized carbons (Fsp3) is 0.265. The Balaban J connectivity index is 1.17. The van der Waals surface area contributed by atoms with Crippen molar-refractivity contribution < 1.29 is 24.2 Å². The molecule has 1 atom stereocenters. The summed E-state index contributed by atoms with van der Waals surface area (Å²) in [5.41, 5.74) is 2.25. The number of carboxylic acids is 1. The van der Waals surface area contributed by atoms with Gasteiger partial charge in [0, 0.05) is 34.7 Å². The summed E-state index contributed by atoms with van der Waals surface area (Å²) in [5.74, 6) is 0.196. The van der Waals surface area contributed by atoms with E-state index in [-0.39, 0.29) is 18.1 Å². The minimum Gasteiger partial charge on any atom is -0.492 e. The van der Waals surface area contributed by atoms with Gasteiger partial charge in [0.25, 0.3) is 0 Å².